The molecule has 0 radical (unpaired) electrons. The molecule has 1 aliphatic heterocycles. The summed E-state index contributed by atoms with van der Waals surface area (Å²) in [7, 11) is -3.50. The summed E-state index contributed by atoms with van der Waals surface area (Å²) in [6.07, 6.45) is 2.19. The van der Waals surface area contributed by atoms with Crippen LogP contribution in [0.5, 0.6) is 0 Å². The van der Waals surface area contributed by atoms with Crippen molar-refractivity contribution in [1.29, 1.82) is 0 Å². The first-order valence-corrected chi connectivity index (χ1v) is 9.44. The minimum atomic E-state index is -3.50. The summed E-state index contributed by atoms with van der Waals surface area (Å²) >= 11 is 0. The predicted octanol–water partition coefficient (Wildman–Crippen LogP) is 1.42. The molecule has 2 N–H and O–H groups in total. The van der Waals surface area contributed by atoms with Gasteiger partial charge in [0, 0.05) is 19.6 Å². The Labute approximate surface area is 136 Å². The molecule has 0 unspecified atom stereocenters. The Morgan fingerprint density at radius 2 is 1.87 bits per heavy atom. The number of aliphatic carboxylic acids is 1. The number of hydrogen-bond donors (Lipinski definition) is 2. The molecule has 7 heteroatoms. The predicted molar refractivity (Wildman–Crippen MR) is 86.1 cm³/mol. The maximum atomic E-state index is 12.3. The molecule has 6 nitrogen and oxygen atoms in total. The third-order valence-electron chi connectivity index (χ3n) is 4.83. The molecule has 1 heterocycles. The largest absolute Gasteiger partial charge is 0.481 e. The third kappa shape index (κ3) is 3.91. The standard InChI is InChI=1S/C16H22N2O4S/c19-16(20)15-10-14(15)11-17-23(21,22)18-8-6-13(7-9-18)12-4-2-1-3-5-12/h1-5,13-15,17H,6-11H2,(H,19,20)/t14-,15-/m1/s1. The Balaban J connectivity index is 1.49. The van der Waals surface area contributed by atoms with Crippen LogP contribution in [0.25, 0.3) is 0 Å². The van der Waals surface area contributed by atoms with Gasteiger partial charge in [0.1, 0.15) is 0 Å². The van der Waals surface area contributed by atoms with Gasteiger partial charge in [-0.1, -0.05) is 30.3 Å². The van der Waals surface area contributed by atoms with Gasteiger partial charge in [0.05, 0.1) is 5.92 Å². The fourth-order valence-corrected chi connectivity index (χ4v) is 4.53. The maximum absolute atomic E-state index is 12.3. The molecule has 1 saturated carbocycles. The second-order valence-electron chi connectivity index (χ2n) is 6.38. The highest BCUT2D eigenvalue weighted by Gasteiger charge is 2.43. The van der Waals surface area contributed by atoms with Crippen LogP contribution in [-0.2, 0) is 15.0 Å². The Morgan fingerprint density at radius 1 is 1.22 bits per heavy atom. The van der Waals surface area contributed by atoms with Gasteiger partial charge in [-0.05, 0) is 36.7 Å². The monoisotopic (exact) mass is 338 g/mol. The molecule has 1 aliphatic carbocycles. The first kappa shape index (κ1) is 16.4. The number of nitrogens with one attached hydrogen (secondary N) is 1. The van der Waals surface area contributed by atoms with Crippen molar-refractivity contribution in [3.8, 4) is 0 Å². The van der Waals surface area contributed by atoms with Gasteiger partial charge in [-0.3, -0.25) is 4.79 Å². The first-order valence-electron chi connectivity index (χ1n) is 8.00. The van der Waals surface area contributed by atoms with Crippen molar-refractivity contribution in [3.63, 3.8) is 0 Å². The van der Waals surface area contributed by atoms with E-state index in [1.807, 2.05) is 18.2 Å². The van der Waals surface area contributed by atoms with Crippen molar-refractivity contribution in [1.82, 2.24) is 9.03 Å². The van der Waals surface area contributed by atoms with Crippen LogP contribution in [0.3, 0.4) is 0 Å². The van der Waals surface area contributed by atoms with Gasteiger partial charge in [-0.15, -0.1) is 0 Å². The van der Waals surface area contributed by atoms with Crippen LogP contribution in [0.2, 0.25) is 0 Å². The average Bonchev–Trinajstić information content (AvgIpc) is 3.34. The van der Waals surface area contributed by atoms with Crippen molar-refractivity contribution in [2.75, 3.05) is 19.6 Å². The van der Waals surface area contributed by atoms with Crippen molar-refractivity contribution >= 4 is 16.2 Å². The van der Waals surface area contributed by atoms with Crippen LogP contribution < -0.4 is 4.72 Å². The second-order valence-corrected chi connectivity index (χ2v) is 8.13. The van der Waals surface area contributed by atoms with E-state index in [0.717, 1.165) is 12.8 Å². The normalized spacial score (nSPS) is 26.1. The fourth-order valence-electron chi connectivity index (χ4n) is 3.23. The molecule has 0 bridgehead atoms. The summed E-state index contributed by atoms with van der Waals surface area (Å²) in [4.78, 5) is 10.8. The Morgan fingerprint density at radius 3 is 2.43 bits per heavy atom. The summed E-state index contributed by atoms with van der Waals surface area (Å²) in [5.74, 6) is -0.883. The van der Waals surface area contributed by atoms with E-state index in [9.17, 15) is 13.2 Å². The van der Waals surface area contributed by atoms with E-state index < -0.39 is 16.2 Å². The number of nitrogens with zero attached hydrogens (tertiary/aromatic N) is 1. The number of piperidine rings is 1. The van der Waals surface area contributed by atoms with Gasteiger partial charge in [-0.25, -0.2) is 4.72 Å². The lowest BCUT2D eigenvalue weighted by Crippen LogP contribution is -2.45. The summed E-state index contributed by atoms with van der Waals surface area (Å²) in [6, 6.07) is 10.2. The number of rotatable bonds is 6. The second kappa shape index (κ2) is 6.59. The summed E-state index contributed by atoms with van der Waals surface area (Å²) in [5, 5.41) is 8.85. The molecule has 23 heavy (non-hydrogen) atoms. The zero-order valence-electron chi connectivity index (χ0n) is 12.9. The molecule has 3 rings (SSSR count). The molecule has 2 fully saturated rings. The third-order valence-corrected chi connectivity index (χ3v) is 6.41. The lowest BCUT2D eigenvalue weighted by molar-refractivity contribution is -0.138. The minimum absolute atomic E-state index is 0.0656. The van der Waals surface area contributed by atoms with E-state index in [-0.39, 0.29) is 18.4 Å². The quantitative estimate of drug-likeness (QED) is 0.821. The van der Waals surface area contributed by atoms with E-state index in [0.29, 0.717) is 25.4 Å². The van der Waals surface area contributed by atoms with Gasteiger partial charge in [0.15, 0.2) is 0 Å². The number of benzene rings is 1. The van der Waals surface area contributed by atoms with E-state index >= 15 is 0 Å². The number of hydrogen-bond acceptors (Lipinski definition) is 3. The van der Waals surface area contributed by atoms with Crippen molar-refractivity contribution < 1.29 is 18.3 Å². The molecule has 126 valence electrons. The Kier molecular flexibility index (Phi) is 4.70. The highest BCUT2D eigenvalue weighted by Crippen LogP contribution is 2.38. The number of carboxylic acid groups (broad SMARTS) is 1. The molecule has 0 aromatic heterocycles. The van der Waals surface area contributed by atoms with Crippen LogP contribution >= 0.6 is 0 Å². The van der Waals surface area contributed by atoms with Crippen LogP contribution in [0, 0.1) is 11.8 Å². The average molecular weight is 338 g/mol. The molecule has 2 aliphatic rings. The summed E-state index contributed by atoms with van der Waals surface area (Å²) in [5.41, 5.74) is 1.26. The molecule has 1 aromatic carbocycles. The lowest BCUT2D eigenvalue weighted by Gasteiger charge is -2.31. The fraction of sp³-hybridized carbons (Fsp3) is 0.562. The van der Waals surface area contributed by atoms with Gasteiger partial charge in [0.2, 0.25) is 0 Å². The zero-order valence-corrected chi connectivity index (χ0v) is 13.7. The Hall–Kier alpha value is -1.44. The van der Waals surface area contributed by atoms with Gasteiger partial charge < -0.3 is 5.11 Å². The summed E-state index contributed by atoms with van der Waals surface area (Å²) in [6.45, 7) is 1.22. The SMILES string of the molecule is O=C(O)[C@@H]1C[C@@H]1CNS(=O)(=O)N1CCC(c2ccccc2)CC1. The molecule has 0 spiro atoms. The van der Waals surface area contributed by atoms with Gasteiger partial charge in [-0.2, -0.15) is 12.7 Å². The first-order chi connectivity index (χ1) is 11.0. The maximum Gasteiger partial charge on any atom is 0.306 e. The number of carbonyl (C=O) groups is 1. The molecule has 0 amide bonds. The molecule has 1 saturated heterocycles. The number of carboxylic acids is 1. The smallest absolute Gasteiger partial charge is 0.306 e. The van der Waals surface area contributed by atoms with Gasteiger partial charge >= 0.3 is 5.97 Å². The molecule has 1 aromatic rings. The van der Waals surface area contributed by atoms with E-state index in [1.165, 1.54) is 9.87 Å². The van der Waals surface area contributed by atoms with Crippen molar-refractivity contribution in [3.05, 3.63) is 35.9 Å². The van der Waals surface area contributed by atoms with Crippen LogP contribution in [0.4, 0.5) is 0 Å². The van der Waals surface area contributed by atoms with E-state index in [2.05, 4.69) is 16.9 Å². The van der Waals surface area contributed by atoms with E-state index in [4.69, 9.17) is 5.11 Å². The van der Waals surface area contributed by atoms with Crippen molar-refractivity contribution in [2.45, 2.75) is 25.2 Å². The highest BCUT2D eigenvalue weighted by molar-refractivity contribution is 7.87. The van der Waals surface area contributed by atoms with Crippen LogP contribution in [-0.4, -0.2) is 43.4 Å². The zero-order chi connectivity index (χ0) is 16.4. The van der Waals surface area contributed by atoms with E-state index in [1.54, 1.807) is 0 Å². The summed E-state index contributed by atoms with van der Waals surface area (Å²) < 4.78 is 28.7. The van der Waals surface area contributed by atoms with Crippen LogP contribution in [0.1, 0.15) is 30.7 Å². The molecule has 2 atom stereocenters. The van der Waals surface area contributed by atoms with Gasteiger partial charge in [0.25, 0.3) is 10.2 Å². The molecular weight excluding hydrogens is 316 g/mol. The Bertz CT molecular complexity index is 654. The van der Waals surface area contributed by atoms with Crippen molar-refractivity contribution in [2.24, 2.45) is 11.8 Å². The minimum Gasteiger partial charge on any atom is -0.481 e. The highest BCUT2D eigenvalue weighted by atomic mass is 32.2. The lowest BCUT2D eigenvalue weighted by atomic mass is 9.90. The molecular formula is C16H22N2O4S. The topological polar surface area (TPSA) is 86.7 Å². The van der Waals surface area contributed by atoms with Crippen LogP contribution in [0.15, 0.2) is 30.3 Å².